The minimum Gasteiger partial charge on any atom is -0.464 e. The number of nitrogens with zero attached hydrogens (tertiary/aromatic N) is 1. The van der Waals surface area contributed by atoms with Gasteiger partial charge in [0.05, 0.1) is 6.61 Å². The third-order valence-corrected chi connectivity index (χ3v) is 4.62. The Bertz CT molecular complexity index is 453. The van der Waals surface area contributed by atoms with Gasteiger partial charge in [0.2, 0.25) is 0 Å². The molecule has 1 spiro atoms. The van der Waals surface area contributed by atoms with Crippen LogP contribution in [0.2, 0.25) is 0 Å². The number of carbonyl (C=O) groups excluding carboxylic acids is 3. The predicted molar refractivity (Wildman–Crippen MR) is 81.0 cm³/mol. The van der Waals surface area contributed by atoms with Crippen molar-refractivity contribution in [3.63, 3.8) is 0 Å². The molecule has 2 aliphatic rings. The summed E-state index contributed by atoms with van der Waals surface area (Å²) in [6.45, 7) is 6.26. The maximum absolute atomic E-state index is 12.6. The molecule has 124 valence electrons. The van der Waals surface area contributed by atoms with Crippen LogP contribution in [0.1, 0.15) is 52.9 Å². The summed E-state index contributed by atoms with van der Waals surface area (Å²) in [5, 5.41) is 2.80. The molecule has 0 unspecified atom stereocenters. The number of rotatable bonds is 5. The molecule has 1 aliphatic carbocycles. The van der Waals surface area contributed by atoms with Crippen LogP contribution < -0.4 is 5.32 Å². The second kappa shape index (κ2) is 6.67. The Hall–Kier alpha value is -1.59. The fraction of sp³-hybridized carbons (Fsp3) is 0.812. The molecule has 1 heterocycles. The van der Waals surface area contributed by atoms with Crippen LogP contribution >= 0.6 is 0 Å². The lowest BCUT2D eigenvalue weighted by Gasteiger charge is -2.33. The van der Waals surface area contributed by atoms with Crippen molar-refractivity contribution in [2.75, 3.05) is 13.2 Å². The van der Waals surface area contributed by atoms with Crippen molar-refractivity contribution >= 4 is 17.9 Å². The van der Waals surface area contributed by atoms with E-state index in [1.807, 2.05) is 13.8 Å². The molecule has 0 aromatic rings. The van der Waals surface area contributed by atoms with Crippen LogP contribution in [0.5, 0.6) is 0 Å². The number of hydrogen-bond acceptors (Lipinski definition) is 4. The van der Waals surface area contributed by atoms with E-state index in [2.05, 4.69) is 12.2 Å². The zero-order chi connectivity index (χ0) is 16.3. The summed E-state index contributed by atoms with van der Waals surface area (Å²) >= 11 is 0. The Kier molecular flexibility index (Phi) is 5.08. The number of nitrogens with one attached hydrogen (secondary N) is 1. The molecule has 1 aliphatic heterocycles. The molecule has 22 heavy (non-hydrogen) atoms. The summed E-state index contributed by atoms with van der Waals surface area (Å²) < 4.78 is 5.09. The molecule has 0 aromatic heterocycles. The summed E-state index contributed by atoms with van der Waals surface area (Å²) in [6.07, 6.45) is 3.90. The number of esters is 1. The molecule has 1 saturated heterocycles. The van der Waals surface area contributed by atoms with Crippen LogP contribution in [0.15, 0.2) is 0 Å². The van der Waals surface area contributed by atoms with Gasteiger partial charge in [-0.2, -0.15) is 0 Å². The van der Waals surface area contributed by atoms with E-state index >= 15 is 0 Å². The second-order valence-electron chi connectivity index (χ2n) is 6.99. The lowest BCUT2D eigenvalue weighted by Crippen LogP contribution is -2.49. The quantitative estimate of drug-likeness (QED) is 0.623. The number of imide groups is 1. The number of ether oxygens (including phenoxy) is 1. The molecular formula is C16H26N2O4. The largest absolute Gasteiger partial charge is 0.464 e. The Labute approximate surface area is 131 Å². The minimum absolute atomic E-state index is 0.273. The van der Waals surface area contributed by atoms with Crippen LogP contribution in [0.4, 0.5) is 4.79 Å². The summed E-state index contributed by atoms with van der Waals surface area (Å²) in [5.41, 5.74) is -0.790. The molecule has 0 bridgehead atoms. The van der Waals surface area contributed by atoms with Gasteiger partial charge in [0, 0.05) is 0 Å². The van der Waals surface area contributed by atoms with Gasteiger partial charge < -0.3 is 10.1 Å². The Morgan fingerprint density at radius 3 is 2.59 bits per heavy atom. The first-order valence-electron chi connectivity index (χ1n) is 8.14. The number of carbonyl (C=O) groups is 3. The van der Waals surface area contributed by atoms with Gasteiger partial charge in [0.1, 0.15) is 12.1 Å². The van der Waals surface area contributed by atoms with Gasteiger partial charge in [-0.25, -0.2) is 4.79 Å². The van der Waals surface area contributed by atoms with E-state index in [-0.39, 0.29) is 12.5 Å². The Morgan fingerprint density at radius 1 is 1.36 bits per heavy atom. The van der Waals surface area contributed by atoms with E-state index in [1.165, 1.54) is 0 Å². The highest BCUT2D eigenvalue weighted by Crippen LogP contribution is 2.36. The highest BCUT2D eigenvalue weighted by molar-refractivity contribution is 6.08. The van der Waals surface area contributed by atoms with Crippen molar-refractivity contribution in [1.29, 1.82) is 0 Å². The first kappa shape index (κ1) is 16.8. The number of urea groups is 1. The molecule has 0 radical (unpaired) electrons. The molecule has 2 fully saturated rings. The first-order chi connectivity index (χ1) is 10.3. The van der Waals surface area contributed by atoms with Gasteiger partial charge in [0.25, 0.3) is 5.91 Å². The van der Waals surface area contributed by atoms with E-state index in [4.69, 9.17) is 4.74 Å². The number of hydrogen-bond donors (Lipinski definition) is 1. The summed E-state index contributed by atoms with van der Waals surface area (Å²) in [6, 6.07) is -0.472. The van der Waals surface area contributed by atoms with Gasteiger partial charge in [0.15, 0.2) is 0 Å². The van der Waals surface area contributed by atoms with E-state index < -0.39 is 17.5 Å². The van der Waals surface area contributed by atoms with Gasteiger partial charge in [-0.3, -0.25) is 14.5 Å². The van der Waals surface area contributed by atoms with E-state index in [0.29, 0.717) is 31.3 Å². The Morgan fingerprint density at radius 2 is 2.00 bits per heavy atom. The van der Waals surface area contributed by atoms with Crippen LogP contribution in [0, 0.1) is 11.8 Å². The highest BCUT2D eigenvalue weighted by atomic mass is 16.5. The van der Waals surface area contributed by atoms with E-state index in [1.54, 1.807) is 0 Å². The van der Waals surface area contributed by atoms with Gasteiger partial charge in [-0.15, -0.1) is 0 Å². The molecule has 2 rings (SSSR count). The maximum atomic E-state index is 12.6. The smallest absolute Gasteiger partial charge is 0.326 e. The molecular weight excluding hydrogens is 284 g/mol. The third kappa shape index (κ3) is 3.59. The van der Waals surface area contributed by atoms with Crippen molar-refractivity contribution in [2.45, 2.75) is 58.4 Å². The highest BCUT2D eigenvalue weighted by Gasteiger charge is 2.52. The van der Waals surface area contributed by atoms with Crippen molar-refractivity contribution in [1.82, 2.24) is 10.2 Å². The average Bonchev–Trinajstić information content (AvgIpc) is 2.67. The molecule has 6 nitrogen and oxygen atoms in total. The fourth-order valence-electron chi connectivity index (χ4n) is 3.00. The summed E-state index contributed by atoms with van der Waals surface area (Å²) in [7, 11) is 0. The fourth-order valence-corrected chi connectivity index (χ4v) is 3.00. The summed E-state index contributed by atoms with van der Waals surface area (Å²) in [5.74, 6) is 0.220. The van der Waals surface area contributed by atoms with Crippen LogP contribution in [-0.4, -0.2) is 41.5 Å². The van der Waals surface area contributed by atoms with Gasteiger partial charge in [-0.05, 0) is 43.9 Å². The lowest BCUT2D eigenvalue weighted by atomic mass is 9.77. The second-order valence-corrected chi connectivity index (χ2v) is 6.99. The molecule has 6 heteroatoms. The zero-order valence-electron chi connectivity index (χ0n) is 13.7. The maximum Gasteiger partial charge on any atom is 0.326 e. The standard InChI is InChI=1S/C16H26N2O4/c1-11(2)6-9-22-13(19)10-18-14(20)16(17-15(18)21)7-4-12(3)5-8-16/h11-12H,4-10H2,1-3H3,(H,17,21). The average molecular weight is 310 g/mol. The zero-order valence-corrected chi connectivity index (χ0v) is 13.7. The van der Waals surface area contributed by atoms with E-state index in [0.717, 1.165) is 24.2 Å². The van der Waals surface area contributed by atoms with Gasteiger partial charge >= 0.3 is 12.0 Å². The Balaban J connectivity index is 1.90. The molecule has 0 atom stereocenters. The SMILES string of the molecule is CC(C)CCOC(=O)CN1C(=O)NC2(CCC(C)CC2)C1=O. The van der Waals surface area contributed by atoms with Crippen LogP contribution in [-0.2, 0) is 14.3 Å². The van der Waals surface area contributed by atoms with Crippen LogP contribution in [0.25, 0.3) is 0 Å². The number of amides is 3. The predicted octanol–water partition coefficient (Wildman–Crippen LogP) is 2.08. The third-order valence-electron chi connectivity index (χ3n) is 4.62. The minimum atomic E-state index is -0.790. The van der Waals surface area contributed by atoms with Crippen LogP contribution in [0.3, 0.4) is 0 Å². The molecule has 3 amide bonds. The lowest BCUT2D eigenvalue weighted by molar-refractivity contribution is -0.148. The topological polar surface area (TPSA) is 75.7 Å². The van der Waals surface area contributed by atoms with Crippen molar-refractivity contribution < 1.29 is 19.1 Å². The van der Waals surface area contributed by atoms with Gasteiger partial charge in [-0.1, -0.05) is 20.8 Å². The normalized spacial score (nSPS) is 28.4. The summed E-state index contributed by atoms with van der Waals surface area (Å²) in [4.78, 5) is 37.4. The molecule has 1 saturated carbocycles. The first-order valence-corrected chi connectivity index (χ1v) is 8.14. The molecule has 1 N–H and O–H groups in total. The molecule has 0 aromatic carbocycles. The van der Waals surface area contributed by atoms with Crippen molar-refractivity contribution in [2.24, 2.45) is 11.8 Å². The van der Waals surface area contributed by atoms with Crippen molar-refractivity contribution in [3.8, 4) is 0 Å². The monoisotopic (exact) mass is 310 g/mol. The van der Waals surface area contributed by atoms with Crippen molar-refractivity contribution in [3.05, 3.63) is 0 Å². The van der Waals surface area contributed by atoms with E-state index in [9.17, 15) is 14.4 Å².